The molecule has 0 unspecified atom stereocenters. The number of aliphatic imine (C=N–C) groups is 1. The number of hydrogen-bond donors (Lipinski definition) is 3. The van der Waals surface area contributed by atoms with E-state index in [1.807, 2.05) is 39.0 Å². The molecule has 0 radical (unpaired) electrons. The van der Waals surface area contributed by atoms with Crippen molar-refractivity contribution < 1.29 is 28.7 Å². The van der Waals surface area contributed by atoms with Crippen molar-refractivity contribution in [2.45, 2.75) is 71.6 Å². The summed E-state index contributed by atoms with van der Waals surface area (Å²) in [5.41, 5.74) is 11.8. The molecule has 2 aromatic rings. The van der Waals surface area contributed by atoms with Gasteiger partial charge >= 0.3 is 11.9 Å². The number of benzene rings is 1. The van der Waals surface area contributed by atoms with Crippen LogP contribution in [-0.4, -0.2) is 54.4 Å². The molecule has 0 aliphatic carbocycles. The van der Waals surface area contributed by atoms with E-state index in [4.69, 9.17) is 14.5 Å². The predicted octanol–water partition coefficient (Wildman–Crippen LogP) is 7.29. The highest BCUT2D eigenvalue weighted by Crippen LogP contribution is 2.35. The number of aromatic nitrogens is 1. The lowest BCUT2D eigenvalue weighted by Crippen LogP contribution is -2.16. The molecule has 0 spiro atoms. The Kier molecular flexibility index (Phi) is 12.4. The second-order valence-electron chi connectivity index (χ2n) is 13.1. The van der Waals surface area contributed by atoms with Crippen molar-refractivity contribution in [1.82, 2.24) is 15.6 Å². The summed E-state index contributed by atoms with van der Waals surface area (Å²) in [5.74, 6) is -0.193. The largest absolute Gasteiger partial charge is 0.469 e. The number of H-pyrrole nitrogens is 1. The third-order valence-corrected chi connectivity index (χ3v) is 10.8. The summed E-state index contributed by atoms with van der Waals surface area (Å²) in [5, 5.41) is 5.95. The van der Waals surface area contributed by atoms with Crippen LogP contribution in [0.1, 0.15) is 74.5 Å². The number of allylic oxidation sites excluding steroid dienone is 5. The van der Waals surface area contributed by atoms with Gasteiger partial charge in [-0.2, -0.15) is 0 Å². The van der Waals surface area contributed by atoms with E-state index in [0.717, 1.165) is 56.3 Å². The van der Waals surface area contributed by atoms with Gasteiger partial charge in [-0.15, -0.1) is 11.8 Å². The summed E-state index contributed by atoms with van der Waals surface area (Å²) in [4.78, 5) is 59.8. The molecule has 276 valence electrons. The Hall–Kier alpha value is -5.42. The third kappa shape index (κ3) is 8.80. The summed E-state index contributed by atoms with van der Waals surface area (Å²) >= 11 is 1.72. The van der Waals surface area contributed by atoms with Crippen LogP contribution in [-0.2, 0) is 35.1 Å². The number of carbonyl (C=O) groups excluding carboxylic acids is 4. The van der Waals surface area contributed by atoms with E-state index in [9.17, 15) is 19.2 Å². The van der Waals surface area contributed by atoms with Gasteiger partial charge in [0, 0.05) is 57.3 Å². The molecular formula is C42H46N4O6S. The van der Waals surface area contributed by atoms with Crippen LogP contribution >= 0.6 is 11.8 Å². The van der Waals surface area contributed by atoms with Gasteiger partial charge in [0.1, 0.15) is 0 Å². The van der Waals surface area contributed by atoms with E-state index in [2.05, 4.69) is 53.4 Å². The van der Waals surface area contributed by atoms with Gasteiger partial charge < -0.3 is 25.1 Å². The zero-order valence-electron chi connectivity index (χ0n) is 31.4. The zero-order valence-corrected chi connectivity index (χ0v) is 32.2. The first-order chi connectivity index (χ1) is 25.3. The molecule has 2 amide bonds. The average molecular weight is 735 g/mol. The highest BCUT2D eigenvalue weighted by molar-refractivity contribution is 7.99. The smallest absolute Gasteiger partial charge is 0.305 e. The first-order valence-corrected chi connectivity index (χ1v) is 18.5. The van der Waals surface area contributed by atoms with Gasteiger partial charge in [0.05, 0.1) is 31.3 Å². The molecule has 0 saturated heterocycles. The molecule has 0 atom stereocenters. The lowest BCUT2D eigenvalue weighted by molar-refractivity contribution is -0.141. The molecule has 0 fully saturated rings. The standard InChI is InChI=1S/C42H46N4O6S/c1-9-29-27(6)41(49)46-36(29)21-34-25(4)31(15-17-40(48)52-8)38(44-34)22-37-30(14-16-39(47)51-7)24(3)33(43-37)20-35-26(5)32(42(50)45-35)18-19-53-28-12-10-23(2)11-13-28/h9-13,20-22,43H,1,14-19H2,2-8H3,(H,45,50)(H,46,49)/b35-20-,36-21-,38-22-. The van der Waals surface area contributed by atoms with Crippen LogP contribution in [0.4, 0.5) is 0 Å². The molecule has 3 aliphatic rings. The lowest BCUT2D eigenvalue weighted by atomic mass is 9.98. The molecule has 3 N–H and O–H groups in total. The SMILES string of the molecule is C=CC1=C(C)C(=O)N/C1=C\C1=NC(=C\c2[nH]c(/C=C3\NC(=O)C(CCSc4ccc(C)cc4)=C3C)c(C)c2CCC(=O)OC)/C(CCC(=O)OC)=C1C. The second kappa shape index (κ2) is 16.9. The fourth-order valence-electron chi connectivity index (χ4n) is 6.51. The molecule has 53 heavy (non-hydrogen) atoms. The van der Waals surface area contributed by atoms with Crippen LogP contribution in [0.5, 0.6) is 0 Å². The highest BCUT2D eigenvalue weighted by Gasteiger charge is 2.27. The molecule has 0 saturated carbocycles. The summed E-state index contributed by atoms with van der Waals surface area (Å²) in [6.45, 7) is 13.6. The number of nitrogens with one attached hydrogen (secondary N) is 3. The molecule has 1 aromatic heterocycles. The molecule has 11 heteroatoms. The van der Waals surface area contributed by atoms with Crippen LogP contribution in [0.25, 0.3) is 12.2 Å². The van der Waals surface area contributed by atoms with Crippen LogP contribution < -0.4 is 10.6 Å². The maximum absolute atomic E-state index is 13.1. The first-order valence-electron chi connectivity index (χ1n) is 17.5. The third-order valence-electron chi connectivity index (χ3n) is 9.81. The average Bonchev–Trinajstić information content (AvgIpc) is 3.79. The number of methoxy groups -OCH3 is 2. The van der Waals surface area contributed by atoms with Gasteiger partial charge in [-0.1, -0.05) is 30.4 Å². The van der Waals surface area contributed by atoms with E-state index >= 15 is 0 Å². The summed E-state index contributed by atoms with van der Waals surface area (Å²) in [6.07, 6.45) is 9.06. The van der Waals surface area contributed by atoms with Crippen molar-refractivity contribution in [2.75, 3.05) is 20.0 Å². The molecule has 4 heterocycles. The van der Waals surface area contributed by atoms with Crippen molar-refractivity contribution in [1.29, 1.82) is 0 Å². The number of carbonyl (C=O) groups is 4. The first kappa shape index (κ1) is 38.8. The van der Waals surface area contributed by atoms with Crippen LogP contribution in [0.15, 0.2) is 103 Å². The van der Waals surface area contributed by atoms with Gasteiger partial charge in [-0.3, -0.25) is 19.2 Å². The number of ether oxygens (including phenoxy) is 2. The summed E-state index contributed by atoms with van der Waals surface area (Å²) in [7, 11) is 2.73. The second-order valence-corrected chi connectivity index (χ2v) is 14.3. The number of hydrogen-bond acceptors (Lipinski definition) is 8. The Morgan fingerprint density at radius 1 is 0.774 bits per heavy atom. The van der Waals surface area contributed by atoms with Crippen LogP contribution in [0.3, 0.4) is 0 Å². The van der Waals surface area contributed by atoms with Crippen molar-refractivity contribution in [3.05, 3.63) is 122 Å². The fraction of sp³-hybridized carbons (Fsp3) is 0.310. The normalized spacial score (nSPS) is 18.1. The van der Waals surface area contributed by atoms with E-state index in [0.29, 0.717) is 47.5 Å². The quantitative estimate of drug-likeness (QED) is 0.137. The summed E-state index contributed by atoms with van der Waals surface area (Å²) < 4.78 is 9.89. The number of esters is 2. The Balaban J connectivity index is 1.52. The van der Waals surface area contributed by atoms with E-state index in [1.165, 1.54) is 24.7 Å². The molecule has 0 bridgehead atoms. The molecular weight excluding hydrogens is 689 g/mol. The van der Waals surface area contributed by atoms with Gasteiger partial charge in [0.25, 0.3) is 11.8 Å². The van der Waals surface area contributed by atoms with Crippen molar-refractivity contribution in [3.63, 3.8) is 0 Å². The van der Waals surface area contributed by atoms with Gasteiger partial charge in [-0.25, -0.2) is 4.99 Å². The minimum atomic E-state index is -0.342. The Bertz CT molecular complexity index is 2100. The molecule has 3 aliphatic heterocycles. The number of rotatable bonds is 14. The zero-order chi connectivity index (χ0) is 38.4. The Morgan fingerprint density at radius 3 is 2.09 bits per heavy atom. The fourth-order valence-corrected chi connectivity index (χ4v) is 7.38. The van der Waals surface area contributed by atoms with Crippen LogP contribution in [0, 0.1) is 13.8 Å². The minimum Gasteiger partial charge on any atom is -0.469 e. The Labute approximate surface area is 315 Å². The van der Waals surface area contributed by atoms with Crippen LogP contribution in [0.2, 0.25) is 0 Å². The summed E-state index contributed by atoms with van der Waals surface area (Å²) in [6, 6.07) is 8.37. The monoisotopic (exact) mass is 734 g/mol. The maximum Gasteiger partial charge on any atom is 0.305 e. The van der Waals surface area contributed by atoms with Gasteiger partial charge in [-0.05, 0) is 112 Å². The van der Waals surface area contributed by atoms with Gasteiger partial charge in [0.15, 0.2) is 0 Å². The number of aromatic amines is 1. The van der Waals surface area contributed by atoms with E-state index in [-0.39, 0.29) is 36.6 Å². The minimum absolute atomic E-state index is 0.100. The van der Waals surface area contributed by atoms with Crippen molar-refractivity contribution in [2.24, 2.45) is 4.99 Å². The van der Waals surface area contributed by atoms with Crippen molar-refractivity contribution in [3.8, 4) is 0 Å². The predicted molar refractivity (Wildman–Crippen MR) is 210 cm³/mol. The van der Waals surface area contributed by atoms with Crippen molar-refractivity contribution >= 4 is 53.4 Å². The number of amides is 2. The maximum atomic E-state index is 13.1. The molecule has 10 nitrogen and oxygen atoms in total. The lowest BCUT2D eigenvalue weighted by Gasteiger charge is -2.07. The highest BCUT2D eigenvalue weighted by atomic mass is 32.2. The topological polar surface area (TPSA) is 139 Å². The Morgan fingerprint density at radius 2 is 1.43 bits per heavy atom. The number of aryl methyl sites for hydroxylation is 1. The molecule has 5 rings (SSSR count). The van der Waals surface area contributed by atoms with E-state index < -0.39 is 0 Å². The number of thioether (sulfide) groups is 1. The molecule has 1 aromatic carbocycles. The van der Waals surface area contributed by atoms with E-state index in [1.54, 1.807) is 24.8 Å². The number of nitrogens with zero attached hydrogens (tertiary/aromatic N) is 1. The van der Waals surface area contributed by atoms with Gasteiger partial charge in [0.2, 0.25) is 0 Å².